The number of anilines is 2. The molecule has 1 N–H and O–H groups in total. The van der Waals surface area contributed by atoms with Crippen LogP contribution < -0.4 is 15.0 Å². The van der Waals surface area contributed by atoms with E-state index in [0.717, 1.165) is 17.7 Å². The van der Waals surface area contributed by atoms with Gasteiger partial charge in [0.15, 0.2) is 6.61 Å². The van der Waals surface area contributed by atoms with Gasteiger partial charge in [-0.05, 0) is 38.5 Å². The minimum absolute atomic E-state index is 0.0160. The number of hydrogen-bond acceptors (Lipinski definition) is 5. The SMILES string of the molecule is CCCC(=O)Nc1ccc2c(c1)N(Cc1c(C)noc1C)C(=O)CO2. The third kappa shape index (κ3) is 3.50. The van der Waals surface area contributed by atoms with Crippen molar-refractivity contribution in [2.45, 2.75) is 40.2 Å². The number of nitrogens with one attached hydrogen (secondary N) is 1. The van der Waals surface area contributed by atoms with Crippen LogP contribution in [0.15, 0.2) is 22.7 Å². The fourth-order valence-electron chi connectivity index (χ4n) is 2.79. The van der Waals surface area contributed by atoms with Gasteiger partial charge in [0, 0.05) is 17.7 Å². The highest BCUT2D eigenvalue weighted by Crippen LogP contribution is 2.36. The molecule has 0 radical (unpaired) electrons. The fourth-order valence-corrected chi connectivity index (χ4v) is 2.79. The first-order chi connectivity index (χ1) is 12.0. The molecule has 2 heterocycles. The van der Waals surface area contributed by atoms with E-state index in [4.69, 9.17) is 9.26 Å². The second-order valence-electron chi connectivity index (χ2n) is 6.05. The number of fused-ring (bicyclic) bond motifs is 1. The van der Waals surface area contributed by atoms with Gasteiger partial charge in [-0.1, -0.05) is 12.1 Å². The molecule has 1 aromatic heterocycles. The lowest BCUT2D eigenvalue weighted by Gasteiger charge is -2.29. The molecule has 0 atom stereocenters. The molecule has 3 rings (SSSR count). The standard InChI is InChI=1S/C18H21N3O4/c1-4-5-17(22)19-13-6-7-16-15(8-13)21(18(23)10-24-16)9-14-11(2)20-25-12(14)3/h6-8H,4-5,9-10H2,1-3H3,(H,19,22). The van der Waals surface area contributed by atoms with Crippen LogP contribution in [-0.2, 0) is 16.1 Å². The first-order valence-electron chi connectivity index (χ1n) is 8.28. The number of carbonyl (C=O) groups excluding carboxylic acids is 2. The number of rotatable bonds is 5. The predicted octanol–water partition coefficient (Wildman–Crippen LogP) is 2.96. The van der Waals surface area contributed by atoms with Crippen LogP contribution in [-0.4, -0.2) is 23.6 Å². The van der Waals surface area contributed by atoms with Crippen molar-refractivity contribution < 1.29 is 18.8 Å². The summed E-state index contributed by atoms with van der Waals surface area (Å²) in [6, 6.07) is 5.30. The highest BCUT2D eigenvalue weighted by atomic mass is 16.5. The van der Waals surface area contributed by atoms with E-state index in [2.05, 4.69) is 10.5 Å². The lowest BCUT2D eigenvalue weighted by molar-refractivity contribution is -0.121. The molecule has 132 valence electrons. The molecule has 2 amide bonds. The molecule has 1 aliphatic heterocycles. The average molecular weight is 343 g/mol. The topological polar surface area (TPSA) is 84.7 Å². The van der Waals surface area contributed by atoms with Gasteiger partial charge < -0.3 is 19.5 Å². The van der Waals surface area contributed by atoms with Crippen molar-refractivity contribution in [1.82, 2.24) is 5.16 Å². The zero-order valence-corrected chi connectivity index (χ0v) is 14.6. The largest absolute Gasteiger partial charge is 0.482 e. The fraction of sp³-hybridized carbons (Fsp3) is 0.389. The van der Waals surface area contributed by atoms with E-state index in [1.807, 2.05) is 20.8 Å². The Bertz CT molecular complexity index is 793. The Morgan fingerprint density at radius 2 is 2.16 bits per heavy atom. The summed E-state index contributed by atoms with van der Waals surface area (Å²) in [5.74, 6) is 1.10. The van der Waals surface area contributed by atoms with Crippen molar-refractivity contribution in [2.75, 3.05) is 16.8 Å². The number of hydrogen-bond donors (Lipinski definition) is 1. The van der Waals surface area contributed by atoms with Gasteiger partial charge in [-0.2, -0.15) is 0 Å². The summed E-state index contributed by atoms with van der Waals surface area (Å²) in [5.41, 5.74) is 2.90. The van der Waals surface area contributed by atoms with Crippen LogP contribution in [0.25, 0.3) is 0 Å². The summed E-state index contributed by atoms with van der Waals surface area (Å²) in [6.45, 7) is 5.95. The monoisotopic (exact) mass is 343 g/mol. The van der Waals surface area contributed by atoms with Crippen LogP contribution in [0.2, 0.25) is 0 Å². The quantitative estimate of drug-likeness (QED) is 0.902. The number of aryl methyl sites for hydroxylation is 2. The molecule has 1 aromatic carbocycles. The second kappa shape index (κ2) is 6.96. The summed E-state index contributed by atoms with van der Waals surface area (Å²) in [5, 5.41) is 6.79. The normalized spacial score (nSPS) is 13.4. The first kappa shape index (κ1) is 17.0. The maximum atomic E-state index is 12.4. The van der Waals surface area contributed by atoms with Crippen molar-refractivity contribution in [1.29, 1.82) is 0 Å². The third-order valence-electron chi connectivity index (χ3n) is 4.16. The molecule has 0 spiro atoms. The molecule has 0 unspecified atom stereocenters. The van der Waals surface area contributed by atoms with Crippen molar-refractivity contribution in [3.05, 3.63) is 35.2 Å². The number of amides is 2. The van der Waals surface area contributed by atoms with Gasteiger partial charge in [0.2, 0.25) is 5.91 Å². The molecule has 0 saturated heterocycles. The predicted molar refractivity (Wildman–Crippen MR) is 92.6 cm³/mol. The molecule has 0 aliphatic carbocycles. The summed E-state index contributed by atoms with van der Waals surface area (Å²) in [6.07, 6.45) is 1.23. The molecular weight excluding hydrogens is 322 g/mol. The Morgan fingerprint density at radius 1 is 1.36 bits per heavy atom. The number of benzene rings is 1. The Kier molecular flexibility index (Phi) is 4.74. The van der Waals surface area contributed by atoms with Gasteiger partial charge in [-0.3, -0.25) is 9.59 Å². The maximum absolute atomic E-state index is 12.4. The summed E-state index contributed by atoms with van der Waals surface area (Å²) in [4.78, 5) is 25.9. The smallest absolute Gasteiger partial charge is 0.265 e. The molecule has 0 bridgehead atoms. The molecule has 0 fully saturated rings. The molecule has 1 aliphatic rings. The van der Waals surface area contributed by atoms with Crippen LogP contribution in [0.3, 0.4) is 0 Å². The van der Waals surface area contributed by atoms with E-state index >= 15 is 0 Å². The van der Waals surface area contributed by atoms with Crippen LogP contribution >= 0.6 is 0 Å². The molecule has 25 heavy (non-hydrogen) atoms. The van der Waals surface area contributed by atoms with Gasteiger partial charge in [0.1, 0.15) is 11.5 Å². The van der Waals surface area contributed by atoms with Gasteiger partial charge in [-0.25, -0.2) is 0 Å². The molecular formula is C18H21N3O4. The van der Waals surface area contributed by atoms with E-state index in [0.29, 0.717) is 35.9 Å². The Balaban J connectivity index is 1.91. The van der Waals surface area contributed by atoms with Gasteiger partial charge in [-0.15, -0.1) is 0 Å². The maximum Gasteiger partial charge on any atom is 0.265 e. The number of ether oxygens (including phenoxy) is 1. The third-order valence-corrected chi connectivity index (χ3v) is 4.16. The molecule has 2 aromatic rings. The van der Waals surface area contributed by atoms with Crippen molar-refractivity contribution in [3.8, 4) is 5.75 Å². The first-order valence-corrected chi connectivity index (χ1v) is 8.28. The average Bonchev–Trinajstić information content (AvgIpc) is 2.89. The Labute approximate surface area is 145 Å². The van der Waals surface area contributed by atoms with Crippen LogP contribution in [0.4, 0.5) is 11.4 Å². The highest BCUT2D eigenvalue weighted by molar-refractivity contribution is 5.99. The van der Waals surface area contributed by atoms with E-state index in [1.54, 1.807) is 23.1 Å². The second-order valence-corrected chi connectivity index (χ2v) is 6.05. The van der Waals surface area contributed by atoms with Crippen LogP contribution in [0, 0.1) is 13.8 Å². The minimum Gasteiger partial charge on any atom is -0.482 e. The molecule has 0 saturated carbocycles. The number of carbonyl (C=O) groups is 2. The zero-order chi connectivity index (χ0) is 18.0. The van der Waals surface area contributed by atoms with E-state index in [-0.39, 0.29) is 18.4 Å². The lowest BCUT2D eigenvalue weighted by Crippen LogP contribution is -2.38. The Hall–Kier alpha value is -2.83. The van der Waals surface area contributed by atoms with E-state index in [1.165, 1.54) is 0 Å². The van der Waals surface area contributed by atoms with Crippen molar-refractivity contribution >= 4 is 23.2 Å². The highest BCUT2D eigenvalue weighted by Gasteiger charge is 2.28. The minimum atomic E-state index is -0.149. The van der Waals surface area contributed by atoms with Gasteiger partial charge >= 0.3 is 0 Å². The lowest BCUT2D eigenvalue weighted by atomic mass is 10.1. The van der Waals surface area contributed by atoms with Crippen molar-refractivity contribution in [3.63, 3.8) is 0 Å². The van der Waals surface area contributed by atoms with Crippen molar-refractivity contribution in [2.24, 2.45) is 0 Å². The summed E-state index contributed by atoms with van der Waals surface area (Å²) < 4.78 is 10.7. The zero-order valence-electron chi connectivity index (χ0n) is 14.6. The molecule has 7 heteroatoms. The summed E-state index contributed by atoms with van der Waals surface area (Å²) in [7, 11) is 0. The molecule has 7 nitrogen and oxygen atoms in total. The van der Waals surface area contributed by atoms with Gasteiger partial charge in [0.25, 0.3) is 5.91 Å². The van der Waals surface area contributed by atoms with Crippen LogP contribution in [0.5, 0.6) is 5.75 Å². The van der Waals surface area contributed by atoms with Gasteiger partial charge in [0.05, 0.1) is 17.9 Å². The van der Waals surface area contributed by atoms with Crippen LogP contribution in [0.1, 0.15) is 36.8 Å². The van der Waals surface area contributed by atoms with E-state index < -0.39 is 0 Å². The van der Waals surface area contributed by atoms with E-state index in [9.17, 15) is 9.59 Å². The number of aromatic nitrogens is 1. The number of nitrogens with zero attached hydrogens (tertiary/aromatic N) is 2. The summed E-state index contributed by atoms with van der Waals surface area (Å²) >= 11 is 0. The Morgan fingerprint density at radius 3 is 2.84 bits per heavy atom.